The Balaban J connectivity index is 2.57. The third-order valence-corrected chi connectivity index (χ3v) is 4.53. The number of fused-ring (bicyclic) bond motifs is 1. The van der Waals surface area contributed by atoms with Gasteiger partial charge in [-0.25, -0.2) is 0 Å². The fourth-order valence-corrected chi connectivity index (χ4v) is 2.86. The van der Waals surface area contributed by atoms with Crippen LogP contribution in [0.3, 0.4) is 0 Å². The van der Waals surface area contributed by atoms with E-state index in [9.17, 15) is 0 Å². The zero-order chi connectivity index (χ0) is 16.1. The zero-order valence-corrected chi connectivity index (χ0v) is 14.1. The number of quaternary nitrogens is 1. The number of hydrogen-bond acceptors (Lipinski definition) is 1. The van der Waals surface area contributed by atoms with Crippen molar-refractivity contribution in [2.75, 3.05) is 0 Å². The molecule has 1 heterocycles. The Kier molecular flexibility index (Phi) is 5.62. The topological polar surface area (TPSA) is 36.9 Å². The molecule has 1 aliphatic rings. The minimum atomic E-state index is 0.454. The first-order valence-corrected chi connectivity index (χ1v) is 8.26. The highest BCUT2D eigenvalue weighted by atomic mass is 16.5. The maximum Gasteiger partial charge on any atom is 0.134 e. The van der Waals surface area contributed by atoms with Crippen LogP contribution in [0.5, 0.6) is 5.75 Å². The highest BCUT2D eigenvalue weighted by molar-refractivity contribution is 5.47. The van der Waals surface area contributed by atoms with Gasteiger partial charge < -0.3 is 10.5 Å². The minimum absolute atomic E-state index is 0.454. The van der Waals surface area contributed by atoms with Gasteiger partial charge in [-0.2, -0.15) is 0 Å². The Hall–Kier alpha value is -1.80. The second-order valence-electron chi connectivity index (χ2n) is 6.10. The minimum Gasteiger partial charge on any atom is -0.457 e. The molecule has 2 rings (SSSR count). The Morgan fingerprint density at radius 1 is 1.32 bits per heavy atom. The molecule has 0 spiro atoms. The van der Waals surface area contributed by atoms with Crippen molar-refractivity contribution >= 4 is 0 Å². The standard InChI is InChI=1S/C20H27NO/c1-5-14(3)18-8-7-9-19-16(6-2)11-13-17(21)12-10-15(4)22-20(18)19/h7-10,12-14,16H,4-6,11,21H2,1-3H3/p+1/b12-10-,17-13+. The van der Waals surface area contributed by atoms with Crippen LogP contribution in [0.15, 0.2) is 54.5 Å². The smallest absolute Gasteiger partial charge is 0.134 e. The van der Waals surface area contributed by atoms with Gasteiger partial charge in [0, 0.05) is 6.08 Å². The summed E-state index contributed by atoms with van der Waals surface area (Å²) in [7, 11) is 0. The third-order valence-electron chi connectivity index (χ3n) is 4.53. The van der Waals surface area contributed by atoms with Gasteiger partial charge in [0.15, 0.2) is 0 Å². The van der Waals surface area contributed by atoms with Crippen molar-refractivity contribution in [2.45, 2.75) is 51.9 Å². The van der Waals surface area contributed by atoms with E-state index in [1.807, 2.05) is 12.2 Å². The molecule has 1 aromatic carbocycles. The lowest BCUT2D eigenvalue weighted by atomic mass is 9.87. The molecule has 0 radical (unpaired) electrons. The molecule has 1 aromatic rings. The van der Waals surface area contributed by atoms with Gasteiger partial charge in [0.1, 0.15) is 17.2 Å². The van der Waals surface area contributed by atoms with Crippen LogP contribution in [-0.2, 0) is 0 Å². The van der Waals surface area contributed by atoms with E-state index in [0.29, 0.717) is 17.6 Å². The molecule has 22 heavy (non-hydrogen) atoms. The maximum atomic E-state index is 6.17. The Bertz CT molecular complexity index is 598. The second kappa shape index (κ2) is 7.46. The van der Waals surface area contributed by atoms with Crippen LogP contribution in [0, 0.1) is 0 Å². The molecule has 0 aromatic heterocycles. The van der Waals surface area contributed by atoms with Crippen LogP contribution >= 0.6 is 0 Å². The molecule has 2 atom stereocenters. The highest BCUT2D eigenvalue weighted by Crippen LogP contribution is 2.39. The van der Waals surface area contributed by atoms with Crippen molar-refractivity contribution in [3.63, 3.8) is 0 Å². The Morgan fingerprint density at radius 2 is 2.09 bits per heavy atom. The van der Waals surface area contributed by atoms with Crippen LogP contribution < -0.4 is 10.5 Å². The van der Waals surface area contributed by atoms with Gasteiger partial charge in [0.05, 0.1) is 0 Å². The average Bonchev–Trinajstić information content (AvgIpc) is 2.53. The van der Waals surface area contributed by atoms with Crippen molar-refractivity contribution in [2.24, 2.45) is 0 Å². The fraction of sp³-hybridized carbons (Fsp3) is 0.400. The van der Waals surface area contributed by atoms with E-state index in [1.54, 1.807) is 0 Å². The summed E-state index contributed by atoms with van der Waals surface area (Å²) in [5.41, 5.74) is 7.66. The molecule has 0 bridgehead atoms. The molecule has 2 heteroatoms. The summed E-state index contributed by atoms with van der Waals surface area (Å²) in [6, 6.07) is 6.54. The van der Waals surface area contributed by atoms with Crippen LogP contribution in [0.2, 0.25) is 0 Å². The zero-order valence-electron chi connectivity index (χ0n) is 14.1. The van der Waals surface area contributed by atoms with Crippen molar-refractivity contribution in [1.82, 2.24) is 0 Å². The van der Waals surface area contributed by atoms with Gasteiger partial charge in [-0.1, -0.05) is 45.5 Å². The number of rotatable bonds is 3. The Labute approximate surface area is 134 Å². The summed E-state index contributed by atoms with van der Waals surface area (Å²) in [5, 5.41) is 0. The summed E-state index contributed by atoms with van der Waals surface area (Å²) in [6.45, 7) is 10.7. The van der Waals surface area contributed by atoms with E-state index in [0.717, 1.165) is 30.7 Å². The lowest BCUT2D eigenvalue weighted by molar-refractivity contribution is -0.295. The SMILES string of the molecule is C=C1/C=C\C([NH3+])=C/CC(CC)c2cccc(C(C)CC)c2O1. The number of benzene rings is 1. The highest BCUT2D eigenvalue weighted by Gasteiger charge is 2.20. The van der Waals surface area contributed by atoms with E-state index >= 15 is 0 Å². The first-order chi connectivity index (χ1) is 10.6. The van der Waals surface area contributed by atoms with E-state index in [2.05, 4.69) is 57.4 Å². The van der Waals surface area contributed by atoms with Crippen LogP contribution in [0.1, 0.15) is 63.0 Å². The maximum absolute atomic E-state index is 6.17. The number of allylic oxidation sites excluding steroid dienone is 3. The molecule has 0 fully saturated rings. The average molecular weight is 298 g/mol. The van der Waals surface area contributed by atoms with Gasteiger partial charge in [-0.05, 0) is 54.4 Å². The first kappa shape index (κ1) is 16.6. The molecular formula is C20H28NO+. The van der Waals surface area contributed by atoms with E-state index in [4.69, 9.17) is 4.74 Å². The van der Waals surface area contributed by atoms with Crippen molar-refractivity contribution in [3.8, 4) is 5.75 Å². The molecule has 0 saturated heterocycles. The second-order valence-corrected chi connectivity index (χ2v) is 6.10. The number of ether oxygens (including phenoxy) is 1. The van der Waals surface area contributed by atoms with Crippen molar-refractivity contribution < 1.29 is 10.5 Å². The van der Waals surface area contributed by atoms with Gasteiger partial charge in [0.25, 0.3) is 0 Å². The molecular weight excluding hydrogens is 270 g/mol. The summed E-state index contributed by atoms with van der Waals surface area (Å²) in [5.74, 6) is 2.61. The molecule has 0 amide bonds. The van der Waals surface area contributed by atoms with E-state index < -0.39 is 0 Å². The Morgan fingerprint density at radius 3 is 2.77 bits per heavy atom. The van der Waals surface area contributed by atoms with Gasteiger partial charge in [-0.3, -0.25) is 0 Å². The van der Waals surface area contributed by atoms with Crippen molar-refractivity contribution in [1.29, 1.82) is 0 Å². The third kappa shape index (κ3) is 3.69. The molecule has 0 aliphatic carbocycles. The predicted molar refractivity (Wildman–Crippen MR) is 92.7 cm³/mol. The molecule has 0 saturated carbocycles. The number of para-hydroxylation sites is 1. The monoisotopic (exact) mass is 298 g/mol. The summed E-state index contributed by atoms with van der Waals surface area (Å²) in [6.07, 6.45) is 9.27. The lowest BCUT2D eigenvalue weighted by Gasteiger charge is -2.23. The summed E-state index contributed by atoms with van der Waals surface area (Å²) >= 11 is 0. The molecule has 2 unspecified atom stereocenters. The van der Waals surface area contributed by atoms with Crippen LogP contribution in [-0.4, -0.2) is 0 Å². The first-order valence-electron chi connectivity index (χ1n) is 8.26. The van der Waals surface area contributed by atoms with E-state index in [-0.39, 0.29) is 0 Å². The van der Waals surface area contributed by atoms with Gasteiger partial charge in [0.2, 0.25) is 0 Å². The fourth-order valence-electron chi connectivity index (χ4n) is 2.86. The normalized spacial score (nSPS) is 23.7. The number of hydrogen-bond donors (Lipinski definition) is 1. The largest absolute Gasteiger partial charge is 0.457 e. The summed E-state index contributed by atoms with van der Waals surface area (Å²) < 4.78 is 6.17. The predicted octanol–water partition coefficient (Wildman–Crippen LogP) is 4.67. The molecule has 1 aliphatic heterocycles. The summed E-state index contributed by atoms with van der Waals surface area (Å²) in [4.78, 5) is 0. The molecule has 3 N–H and O–H groups in total. The van der Waals surface area contributed by atoms with Crippen LogP contribution in [0.25, 0.3) is 0 Å². The van der Waals surface area contributed by atoms with Crippen molar-refractivity contribution in [3.05, 3.63) is 65.6 Å². The van der Waals surface area contributed by atoms with Gasteiger partial charge in [-0.15, -0.1) is 0 Å². The molecule has 2 nitrogen and oxygen atoms in total. The molecule has 118 valence electrons. The quantitative estimate of drug-likeness (QED) is 0.865. The van der Waals surface area contributed by atoms with Crippen LogP contribution in [0.4, 0.5) is 0 Å². The van der Waals surface area contributed by atoms with Gasteiger partial charge >= 0.3 is 0 Å². The lowest BCUT2D eigenvalue weighted by Crippen LogP contribution is -2.46. The van der Waals surface area contributed by atoms with E-state index in [1.165, 1.54) is 11.1 Å².